The molecule has 26 heavy (non-hydrogen) atoms. The smallest absolute Gasteiger partial charge is 0.0575 e. The van der Waals surface area contributed by atoms with E-state index in [0.717, 1.165) is 24.4 Å². The van der Waals surface area contributed by atoms with Crippen LogP contribution in [0.5, 0.6) is 0 Å². The number of rotatable bonds is 8. The molecule has 146 valence electrons. The zero-order valence-electron chi connectivity index (χ0n) is 17.2. The molecular weight excluding hydrogens is 316 g/mol. The molecule has 0 radical (unpaired) electrons. The molecule has 0 bridgehead atoms. The molecule has 2 fully saturated rings. The van der Waals surface area contributed by atoms with Crippen LogP contribution in [-0.2, 0) is 11.2 Å². The lowest BCUT2D eigenvalue weighted by atomic mass is 9.81. The van der Waals surface area contributed by atoms with E-state index in [-0.39, 0.29) is 0 Å². The average molecular weight is 357 g/mol. The third-order valence-electron chi connectivity index (χ3n) is 6.91. The topological polar surface area (TPSA) is 9.23 Å². The van der Waals surface area contributed by atoms with Crippen LogP contribution < -0.4 is 0 Å². The zero-order valence-corrected chi connectivity index (χ0v) is 17.2. The Morgan fingerprint density at radius 2 is 1.58 bits per heavy atom. The minimum absolute atomic E-state index is 0.525. The number of ether oxygens (including phenoxy) is 1. The monoisotopic (exact) mass is 356 g/mol. The van der Waals surface area contributed by atoms with Gasteiger partial charge in [-0.3, -0.25) is 0 Å². The van der Waals surface area contributed by atoms with E-state index in [1.807, 2.05) is 0 Å². The van der Waals surface area contributed by atoms with E-state index >= 15 is 0 Å². The average Bonchev–Trinajstić information content (AvgIpc) is 2.68. The summed E-state index contributed by atoms with van der Waals surface area (Å²) in [6.45, 7) is 5.66. The highest BCUT2D eigenvalue weighted by atomic mass is 16.5. The van der Waals surface area contributed by atoms with Gasteiger partial charge in [-0.15, -0.1) is 0 Å². The summed E-state index contributed by atoms with van der Waals surface area (Å²) in [6.07, 6.45) is 16.6. The van der Waals surface area contributed by atoms with Crippen LogP contribution in [0.15, 0.2) is 24.3 Å². The predicted octanol–water partition coefficient (Wildman–Crippen LogP) is 7.29. The standard InChI is InChI=1S/C25H40O/c1-3-5-21-11-13-23(14-12-21)24-15-17-25(18-16-24)26-19-4-6-22-9-7-20(2)8-10-22/h11-14,20,22,24-25H,3-10,15-19H2,1-2H3/t20-,22-,24-,25-. The minimum atomic E-state index is 0.525. The molecule has 1 aromatic carbocycles. The van der Waals surface area contributed by atoms with E-state index in [2.05, 4.69) is 38.1 Å². The molecular formula is C25H40O. The van der Waals surface area contributed by atoms with Gasteiger partial charge in [0.15, 0.2) is 0 Å². The van der Waals surface area contributed by atoms with Gasteiger partial charge in [0.05, 0.1) is 6.10 Å². The van der Waals surface area contributed by atoms with Crippen LogP contribution in [0, 0.1) is 11.8 Å². The van der Waals surface area contributed by atoms with Crippen LogP contribution in [0.25, 0.3) is 0 Å². The van der Waals surface area contributed by atoms with Crippen LogP contribution in [-0.4, -0.2) is 12.7 Å². The maximum atomic E-state index is 6.23. The Balaban J connectivity index is 1.30. The van der Waals surface area contributed by atoms with Crippen molar-refractivity contribution in [2.75, 3.05) is 6.61 Å². The largest absolute Gasteiger partial charge is 0.378 e. The molecule has 0 spiro atoms. The Morgan fingerprint density at radius 3 is 2.23 bits per heavy atom. The van der Waals surface area contributed by atoms with E-state index in [1.165, 1.54) is 82.6 Å². The second-order valence-corrected chi connectivity index (χ2v) is 9.10. The minimum Gasteiger partial charge on any atom is -0.378 e. The third-order valence-corrected chi connectivity index (χ3v) is 6.91. The Labute approximate surface area is 161 Å². The molecule has 2 aliphatic rings. The second-order valence-electron chi connectivity index (χ2n) is 9.10. The highest BCUT2D eigenvalue weighted by Gasteiger charge is 2.23. The van der Waals surface area contributed by atoms with E-state index < -0.39 is 0 Å². The van der Waals surface area contributed by atoms with Crippen molar-refractivity contribution < 1.29 is 4.74 Å². The van der Waals surface area contributed by atoms with Crippen LogP contribution >= 0.6 is 0 Å². The number of aryl methyl sites for hydroxylation is 1. The predicted molar refractivity (Wildman–Crippen MR) is 112 cm³/mol. The molecule has 1 heteroatoms. The van der Waals surface area contributed by atoms with Crippen LogP contribution in [0.4, 0.5) is 0 Å². The van der Waals surface area contributed by atoms with Crippen molar-refractivity contribution in [2.45, 2.75) is 103 Å². The van der Waals surface area contributed by atoms with Gasteiger partial charge in [-0.2, -0.15) is 0 Å². The van der Waals surface area contributed by atoms with Crippen LogP contribution in [0.2, 0.25) is 0 Å². The van der Waals surface area contributed by atoms with Crippen molar-refractivity contribution >= 4 is 0 Å². The fraction of sp³-hybridized carbons (Fsp3) is 0.760. The maximum Gasteiger partial charge on any atom is 0.0575 e. The van der Waals surface area contributed by atoms with Crippen molar-refractivity contribution in [3.63, 3.8) is 0 Å². The molecule has 0 heterocycles. The highest BCUT2D eigenvalue weighted by Crippen LogP contribution is 2.35. The first-order chi connectivity index (χ1) is 12.7. The first kappa shape index (κ1) is 19.9. The van der Waals surface area contributed by atoms with Gasteiger partial charge < -0.3 is 4.74 Å². The quantitative estimate of drug-likeness (QED) is 0.444. The van der Waals surface area contributed by atoms with Crippen molar-refractivity contribution in [3.8, 4) is 0 Å². The molecule has 0 saturated heterocycles. The zero-order chi connectivity index (χ0) is 18.2. The molecule has 0 N–H and O–H groups in total. The van der Waals surface area contributed by atoms with Gasteiger partial charge >= 0.3 is 0 Å². The van der Waals surface area contributed by atoms with Crippen molar-refractivity contribution in [3.05, 3.63) is 35.4 Å². The summed E-state index contributed by atoms with van der Waals surface area (Å²) in [6, 6.07) is 9.44. The maximum absolute atomic E-state index is 6.23. The normalized spacial score (nSPS) is 29.6. The molecule has 0 unspecified atom stereocenters. The van der Waals surface area contributed by atoms with Gasteiger partial charge in [0.2, 0.25) is 0 Å². The van der Waals surface area contributed by atoms with E-state index in [1.54, 1.807) is 5.56 Å². The Hall–Kier alpha value is -0.820. The first-order valence-electron chi connectivity index (χ1n) is 11.4. The van der Waals surface area contributed by atoms with Gasteiger partial charge in [-0.1, -0.05) is 70.2 Å². The van der Waals surface area contributed by atoms with Gasteiger partial charge in [0, 0.05) is 6.61 Å². The lowest BCUT2D eigenvalue weighted by Crippen LogP contribution is -2.21. The number of hydrogen-bond acceptors (Lipinski definition) is 1. The van der Waals surface area contributed by atoms with Gasteiger partial charge in [0.1, 0.15) is 0 Å². The third kappa shape index (κ3) is 6.12. The second kappa shape index (κ2) is 10.5. The summed E-state index contributed by atoms with van der Waals surface area (Å²) >= 11 is 0. The summed E-state index contributed by atoms with van der Waals surface area (Å²) in [5.74, 6) is 2.72. The molecule has 1 aromatic rings. The van der Waals surface area contributed by atoms with Crippen molar-refractivity contribution in [2.24, 2.45) is 11.8 Å². The van der Waals surface area contributed by atoms with E-state index in [4.69, 9.17) is 4.74 Å². The Morgan fingerprint density at radius 1 is 0.885 bits per heavy atom. The molecule has 0 amide bonds. The van der Waals surface area contributed by atoms with E-state index in [0.29, 0.717) is 6.10 Å². The molecule has 0 aromatic heterocycles. The van der Waals surface area contributed by atoms with Gasteiger partial charge in [0.25, 0.3) is 0 Å². The fourth-order valence-corrected chi connectivity index (χ4v) is 5.05. The van der Waals surface area contributed by atoms with Crippen LogP contribution in [0.3, 0.4) is 0 Å². The fourth-order valence-electron chi connectivity index (χ4n) is 5.05. The number of benzene rings is 1. The summed E-state index contributed by atoms with van der Waals surface area (Å²) in [5, 5.41) is 0. The first-order valence-corrected chi connectivity index (χ1v) is 11.4. The summed E-state index contributed by atoms with van der Waals surface area (Å²) in [4.78, 5) is 0. The summed E-state index contributed by atoms with van der Waals surface area (Å²) < 4.78 is 6.23. The Kier molecular flexibility index (Phi) is 8.05. The lowest BCUT2D eigenvalue weighted by Gasteiger charge is -2.29. The summed E-state index contributed by atoms with van der Waals surface area (Å²) in [7, 11) is 0. The van der Waals surface area contributed by atoms with E-state index in [9.17, 15) is 0 Å². The van der Waals surface area contributed by atoms with Crippen molar-refractivity contribution in [1.29, 1.82) is 0 Å². The van der Waals surface area contributed by atoms with Crippen LogP contribution in [0.1, 0.15) is 102 Å². The van der Waals surface area contributed by atoms with Gasteiger partial charge in [-0.25, -0.2) is 0 Å². The molecule has 0 aliphatic heterocycles. The molecule has 0 atom stereocenters. The lowest BCUT2D eigenvalue weighted by molar-refractivity contribution is 0.0205. The highest BCUT2D eigenvalue weighted by molar-refractivity contribution is 5.25. The molecule has 2 saturated carbocycles. The number of hydrogen-bond donors (Lipinski definition) is 0. The molecule has 2 aliphatic carbocycles. The molecule has 3 rings (SSSR count). The van der Waals surface area contributed by atoms with Gasteiger partial charge in [-0.05, 0) is 73.8 Å². The SMILES string of the molecule is CCCc1ccc([C@H]2CC[C@H](OCCC[C@H]3CC[C@H](C)CC3)CC2)cc1. The molecule has 1 nitrogen and oxygen atoms in total. The van der Waals surface area contributed by atoms with Crippen molar-refractivity contribution in [1.82, 2.24) is 0 Å². The summed E-state index contributed by atoms with van der Waals surface area (Å²) in [5.41, 5.74) is 3.04. The Bertz CT molecular complexity index is 489.